The number of nitrogens with one attached hydrogen (secondary N) is 1. The number of esters is 1. The molecule has 0 bridgehead atoms. The van der Waals surface area contributed by atoms with Crippen LogP contribution in [0.1, 0.15) is 26.3 Å². The Bertz CT molecular complexity index is 1000. The molecular formula is C18H19ClN2O5S. The maximum absolute atomic E-state index is 12.9. The Morgan fingerprint density at radius 1 is 1.11 bits per heavy atom. The van der Waals surface area contributed by atoms with Crippen molar-refractivity contribution in [2.75, 3.05) is 25.9 Å². The summed E-state index contributed by atoms with van der Waals surface area (Å²) in [5.74, 6) is -1.04. The van der Waals surface area contributed by atoms with Gasteiger partial charge in [0, 0.05) is 19.1 Å². The smallest absolute Gasteiger partial charge is 0.337 e. The number of hydrogen-bond donors (Lipinski definition) is 1. The summed E-state index contributed by atoms with van der Waals surface area (Å²) in [6.45, 7) is 1.60. The van der Waals surface area contributed by atoms with Crippen LogP contribution in [0.15, 0.2) is 41.3 Å². The first-order valence-corrected chi connectivity index (χ1v) is 9.66. The van der Waals surface area contributed by atoms with Gasteiger partial charge in [-0.15, -0.1) is 0 Å². The summed E-state index contributed by atoms with van der Waals surface area (Å²) >= 11 is 5.97. The van der Waals surface area contributed by atoms with E-state index in [1.54, 1.807) is 21.0 Å². The van der Waals surface area contributed by atoms with Crippen molar-refractivity contribution in [3.8, 4) is 0 Å². The van der Waals surface area contributed by atoms with Crippen LogP contribution in [0.25, 0.3) is 0 Å². The van der Waals surface area contributed by atoms with Crippen LogP contribution < -0.4 is 4.72 Å². The molecule has 0 atom stereocenters. The van der Waals surface area contributed by atoms with Crippen LogP contribution >= 0.6 is 11.6 Å². The first-order valence-electron chi connectivity index (χ1n) is 7.80. The maximum atomic E-state index is 12.9. The number of carbonyl (C=O) groups excluding carboxylic acids is 2. The molecule has 9 heteroatoms. The third-order valence-electron chi connectivity index (χ3n) is 3.76. The molecule has 0 fully saturated rings. The number of nitrogens with zero attached hydrogens (tertiary/aromatic N) is 1. The van der Waals surface area contributed by atoms with Gasteiger partial charge in [-0.05, 0) is 42.8 Å². The normalized spacial score (nSPS) is 11.0. The van der Waals surface area contributed by atoms with Crippen LogP contribution in [0.2, 0.25) is 5.02 Å². The molecule has 1 amide bonds. The van der Waals surface area contributed by atoms with E-state index in [4.69, 9.17) is 11.6 Å². The molecule has 27 heavy (non-hydrogen) atoms. The van der Waals surface area contributed by atoms with E-state index >= 15 is 0 Å². The fourth-order valence-electron chi connectivity index (χ4n) is 2.36. The number of hydrogen-bond acceptors (Lipinski definition) is 5. The third-order valence-corrected chi connectivity index (χ3v) is 5.50. The maximum Gasteiger partial charge on any atom is 0.337 e. The van der Waals surface area contributed by atoms with Crippen LogP contribution in [-0.2, 0) is 14.8 Å². The molecule has 0 saturated heterocycles. The summed E-state index contributed by atoms with van der Waals surface area (Å²) in [5.41, 5.74) is 0.718. The number of sulfonamides is 1. The zero-order valence-corrected chi connectivity index (χ0v) is 16.8. The Kier molecular flexibility index (Phi) is 6.12. The number of ether oxygens (including phenoxy) is 1. The van der Waals surface area contributed by atoms with Gasteiger partial charge in [-0.25, -0.2) is 13.2 Å². The molecule has 0 aliphatic rings. The van der Waals surface area contributed by atoms with Gasteiger partial charge in [-0.3, -0.25) is 9.52 Å². The van der Waals surface area contributed by atoms with Gasteiger partial charge in [0.05, 0.1) is 28.8 Å². The number of aryl methyl sites for hydroxylation is 1. The van der Waals surface area contributed by atoms with E-state index in [1.807, 2.05) is 0 Å². The van der Waals surface area contributed by atoms with Crippen molar-refractivity contribution in [1.82, 2.24) is 4.90 Å². The van der Waals surface area contributed by atoms with E-state index in [1.165, 1.54) is 48.4 Å². The number of amides is 1. The molecule has 0 saturated carbocycles. The molecule has 2 aromatic rings. The lowest BCUT2D eigenvalue weighted by molar-refractivity contribution is 0.0600. The van der Waals surface area contributed by atoms with Gasteiger partial charge in [0.2, 0.25) is 0 Å². The highest BCUT2D eigenvalue weighted by molar-refractivity contribution is 7.92. The second kappa shape index (κ2) is 7.98. The minimum atomic E-state index is -4.09. The number of rotatable bonds is 5. The molecule has 144 valence electrons. The summed E-state index contributed by atoms with van der Waals surface area (Å²) in [5, 5.41) is 0.267. The van der Waals surface area contributed by atoms with Gasteiger partial charge >= 0.3 is 5.97 Å². The zero-order chi connectivity index (χ0) is 20.4. The van der Waals surface area contributed by atoms with E-state index in [0.717, 1.165) is 0 Å². The van der Waals surface area contributed by atoms with Crippen LogP contribution in [0.5, 0.6) is 0 Å². The molecule has 2 aromatic carbocycles. The first-order chi connectivity index (χ1) is 12.6. The van der Waals surface area contributed by atoms with Crippen molar-refractivity contribution in [1.29, 1.82) is 0 Å². The highest BCUT2D eigenvalue weighted by atomic mass is 35.5. The van der Waals surface area contributed by atoms with Crippen LogP contribution in [0, 0.1) is 6.92 Å². The second-order valence-electron chi connectivity index (χ2n) is 5.97. The first kappa shape index (κ1) is 20.7. The molecule has 0 aliphatic heterocycles. The van der Waals surface area contributed by atoms with Gasteiger partial charge in [0.1, 0.15) is 0 Å². The summed E-state index contributed by atoms with van der Waals surface area (Å²) in [6, 6.07) is 8.50. The van der Waals surface area contributed by atoms with Crippen molar-refractivity contribution < 1.29 is 22.7 Å². The molecule has 0 aromatic heterocycles. The molecule has 0 aliphatic carbocycles. The number of benzene rings is 2. The van der Waals surface area contributed by atoms with Gasteiger partial charge in [-0.2, -0.15) is 0 Å². The molecule has 0 unspecified atom stereocenters. The average molecular weight is 411 g/mol. The molecule has 1 N–H and O–H groups in total. The topological polar surface area (TPSA) is 92.8 Å². The lowest BCUT2D eigenvalue weighted by Gasteiger charge is -2.17. The van der Waals surface area contributed by atoms with Crippen LogP contribution in [0.3, 0.4) is 0 Å². The molecule has 0 spiro atoms. The largest absolute Gasteiger partial charge is 0.465 e. The number of halogens is 1. The Labute approximate surface area is 162 Å². The Morgan fingerprint density at radius 2 is 1.78 bits per heavy atom. The van der Waals surface area contributed by atoms with E-state index in [0.29, 0.717) is 5.56 Å². The predicted octanol–water partition coefficient (Wildman–Crippen LogP) is 2.94. The van der Waals surface area contributed by atoms with Crippen LogP contribution in [-0.4, -0.2) is 46.4 Å². The van der Waals surface area contributed by atoms with Crippen LogP contribution in [0.4, 0.5) is 5.69 Å². The molecule has 0 radical (unpaired) electrons. The highest BCUT2D eigenvalue weighted by Gasteiger charge is 2.23. The molecule has 2 rings (SSSR count). The molecular weight excluding hydrogens is 392 g/mol. The summed E-state index contributed by atoms with van der Waals surface area (Å²) in [4.78, 5) is 25.3. The van der Waals surface area contributed by atoms with Gasteiger partial charge in [0.15, 0.2) is 0 Å². The van der Waals surface area contributed by atoms with E-state index in [2.05, 4.69) is 9.46 Å². The van der Waals surface area contributed by atoms with Gasteiger partial charge < -0.3 is 9.64 Å². The van der Waals surface area contributed by atoms with Crippen molar-refractivity contribution >= 4 is 39.2 Å². The number of carbonyl (C=O) groups is 2. The summed E-state index contributed by atoms with van der Waals surface area (Å²) in [7, 11) is 0.224. The van der Waals surface area contributed by atoms with Crippen molar-refractivity contribution in [3.05, 3.63) is 58.1 Å². The van der Waals surface area contributed by atoms with Crippen molar-refractivity contribution in [2.24, 2.45) is 0 Å². The third kappa shape index (κ3) is 4.58. The Balaban J connectivity index is 2.53. The predicted molar refractivity (Wildman–Crippen MR) is 103 cm³/mol. The quantitative estimate of drug-likeness (QED) is 0.765. The Morgan fingerprint density at radius 3 is 2.37 bits per heavy atom. The van der Waals surface area contributed by atoms with E-state index in [-0.39, 0.29) is 32.6 Å². The average Bonchev–Trinajstić information content (AvgIpc) is 2.60. The van der Waals surface area contributed by atoms with E-state index < -0.39 is 16.0 Å². The fraction of sp³-hybridized carbons (Fsp3) is 0.222. The monoisotopic (exact) mass is 410 g/mol. The summed E-state index contributed by atoms with van der Waals surface area (Å²) in [6.07, 6.45) is 0. The Hall–Kier alpha value is -2.58. The summed E-state index contributed by atoms with van der Waals surface area (Å²) < 4.78 is 32.8. The molecule has 7 nitrogen and oxygen atoms in total. The zero-order valence-electron chi connectivity index (χ0n) is 15.2. The van der Waals surface area contributed by atoms with E-state index in [9.17, 15) is 18.0 Å². The molecule has 0 heterocycles. The lowest BCUT2D eigenvalue weighted by atomic mass is 10.1. The van der Waals surface area contributed by atoms with Gasteiger partial charge in [0.25, 0.3) is 15.9 Å². The van der Waals surface area contributed by atoms with Crippen molar-refractivity contribution in [3.63, 3.8) is 0 Å². The van der Waals surface area contributed by atoms with Crippen molar-refractivity contribution in [2.45, 2.75) is 11.8 Å². The number of anilines is 1. The fourth-order valence-corrected chi connectivity index (χ4v) is 3.88. The lowest BCUT2D eigenvalue weighted by Crippen LogP contribution is -2.24. The van der Waals surface area contributed by atoms with Gasteiger partial charge in [-0.1, -0.05) is 17.7 Å². The SMILES string of the molecule is COC(=O)c1ccc(C)c(S(=O)(=O)Nc2cc(Cl)ccc2C(=O)N(C)C)c1. The second-order valence-corrected chi connectivity index (χ2v) is 8.05. The highest BCUT2D eigenvalue weighted by Crippen LogP contribution is 2.26. The standard InChI is InChI=1S/C18H19ClN2O5S/c1-11-5-6-12(18(23)26-4)9-16(11)27(24,25)20-15-10-13(19)7-8-14(15)17(22)21(2)3/h5-10,20H,1-4H3. The minimum Gasteiger partial charge on any atom is -0.465 e. The minimum absolute atomic E-state index is 0.0454. The number of methoxy groups -OCH3 is 1.